The van der Waals surface area contributed by atoms with Gasteiger partial charge in [-0.2, -0.15) is 0 Å². The van der Waals surface area contributed by atoms with E-state index in [0.717, 1.165) is 5.39 Å². The number of para-hydroxylation sites is 1. The lowest BCUT2D eigenvalue weighted by atomic mass is 10.1. The van der Waals surface area contributed by atoms with E-state index in [0.29, 0.717) is 22.5 Å². The molecule has 2 heterocycles. The Kier molecular flexibility index (Phi) is 4.35. The number of hydrogen-bond donors (Lipinski definition) is 2. The van der Waals surface area contributed by atoms with Gasteiger partial charge >= 0.3 is 5.91 Å². The molecule has 24 heavy (non-hydrogen) atoms. The van der Waals surface area contributed by atoms with Crippen LogP contribution in [0.2, 0.25) is 0 Å². The maximum atomic E-state index is 12.4. The van der Waals surface area contributed by atoms with Crippen molar-refractivity contribution in [2.24, 2.45) is 0 Å². The summed E-state index contributed by atoms with van der Waals surface area (Å²) in [4.78, 5) is 24.4. The van der Waals surface area contributed by atoms with Gasteiger partial charge in [0.1, 0.15) is 11.3 Å². The van der Waals surface area contributed by atoms with Crippen molar-refractivity contribution >= 4 is 22.8 Å². The van der Waals surface area contributed by atoms with Crippen LogP contribution in [-0.4, -0.2) is 18.9 Å². The molecule has 2 amide bonds. The molecular weight excluding hydrogens is 312 g/mol. The lowest BCUT2D eigenvalue weighted by Crippen LogP contribution is -2.41. The SMILES string of the molecule is COCc1c(C(=O)NNC(=O)c2ccoc2C)oc2ccccc12. The highest BCUT2D eigenvalue weighted by molar-refractivity contribution is 6.01. The summed E-state index contributed by atoms with van der Waals surface area (Å²) < 4.78 is 15.8. The number of nitrogens with one attached hydrogen (secondary N) is 2. The molecule has 0 saturated carbocycles. The van der Waals surface area contributed by atoms with Gasteiger partial charge in [-0.3, -0.25) is 20.4 Å². The number of fused-ring (bicyclic) bond motifs is 1. The van der Waals surface area contributed by atoms with Gasteiger partial charge < -0.3 is 13.6 Å². The fourth-order valence-electron chi connectivity index (χ4n) is 2.43. The number of amides is 2. The smallest absolute Gasteiger partial charge is 0.305 e. The number of aryl methyl sites for hydroxylation is 1. The highest BCUT2D eigenvalue weighted by Gasteiger charge is 2.21. The highest BCUT2D eigenvalue weighted by atomic mass is 16.5. The third kappa shape index (κ3) is 2.89. The molecule has 0 atom stereocenters. The normalized spacial score (nSPS) is 10.8. The average molecular weight is 328 g/mol. The van der Waals surface area contributed by atoms with Crippen molar-refractivity contribution in [2.75, 3.05) is 7.11 Å². The summed E-state index contributed by atoms with van der Waals surface area (Å²) in [6.07, 6.45) is 1.40. The van der Waals surface area contributed by atoms with Crippen LogP contribution in [0.15, 0.2) is 45.4 Å². The molecule has 0 aliphatic heterocycles. The third-order valence-corrected chi connectivity index (χ3v) is 3.59. The van der Waals surface area contributed by atoms with E-state index in [-0.39, 0.29) is 12.4 Å². The van der Waals surface area contributed by atoms with Gasteiger partial charge in [0.05, 0.1) is 18.4 Å². The first-order chi connectivity index (χ1) is 11.6. The molecule has 3 rings (SSSR count). The number of methoxy groups -OCH3 is 1. The van der Waals surface area contributed by atoms with Gasteiger partial charge in [-0.15, -0.1) is 0 Å². The van der Waals surface area contributed by atoms with Gasteiger partial charge in [0.2, 0.25) is 0 Å². The Morgan fingerprint density at radius 2 is 1.88 bits per heavy atom. The van der Waals surface area contributed by atoms with Crippen LogP contribution in [0, 0.1) is 6.92 Å². The fourth-order valence-corrected chi connectivity index (χ4v) is 2.43. The van der Waals surface area contributed by atoms with E-state index in [2.05, 4.69) is 10.9 Å². The second-order valence-electron chi connectivity index (χ2n) is 5.14. The van der Waals surface area contributed by atoms with Gasteiger partial charge in [-0.05, 0) is 19.1 Å². The van der Waals surface area contributed by atoms with Gasteiger partial charge in [0.25, 0.3) is 5.91 Å². The van der Waals surface area contributed by atoms with Crippen LogP contribution < -0.4 is 10.9 Å². The van der Waals surface area contributed by atoms with Crippen LogP contribution in [0.4, 0.5) is 0 Å². The van der Waals surface area contributed by atoms with E-state index in [4.69, 9.17) is 13.6 Å². The number of rotatable bonds is 4. The first-order valence-electron chi connectivity index (χ1n) is 7.26. The van der Waals surface area contributed by atoms with Gasteiger partial charge in [0.15, 0.2) is 5.76 Å². The Morgan fingerprint density at radius 1 is 1.12 bits per heavy atom. The molecule has 2 N–H and O–H groups in total. The van der Waals surface area contributed by atoms with E-state index < -0.39 is 11.8 Å². The zero-order valence-electron chi connectivity index (χ0n) is 13.2. The quantitative estimate of drug-likeness (QED) is 0.718. The number of furan rings is 2. The van der Waals surface area contributed by atoms with E-state index in [1.807, 2.05) is 18.2 Å². The molecule has 7 nitrogen and oxygen atoms in total. The zero-order valence-corrected chi connectivity index (χ0v) is 13.2. The summed E-state index contributed by atoms with van der Waals surface area (Å²) in [6.45, 7) is 1.88. The minimum absolute atomic E-state index is 0.0993. The molecule has 0 aliphatic rings. The molecule has 0 fully saturated rings. The lowest BCUT2D eigenvalue weighted by molar-refractivity contribution is 0.0827. The maximum Gasteiger partial charge on any atom is 0.305 e. The predicted octanol–water partition coefficient (Wildman–Crippen LogP) is 2.56. The zero-order chi connectivity index (χ0) is 17.1. The Labute approximate surface area is 137 Å². The molecule has 0 radical (unpaired) electrons. The van der Waals surface area contributed by atoms with Crippen LogP contribution in [0.1, 0.15) is 32.2 Å². The molecule has 0 unspecified atom stereocenters. The number of ether oxygens (including phenoxy) is 1. The minimum atomic E-state index is -0.562. The van der Waals surface area contributed by atoms with Crippen molar-refractivity contribution in [3.8, 4) is 0 Å². The van der Waals surface area contributed by atoms with Crippen molar-refractivity contribution in [1.29, 1.82) is 0 Å². The number of carbonyl (C=O) groups is 2. The molecule has 0 spiro atoms. The summed E-state index contributed by atoms with van der Waals surface area (Å²) in [5.74, 6) is -0.473. The Morgan fingerprint density at radius 3 is 2.58 bits per heavy atom. The second-order valence-corrected chi connectivity index (χ2v) is 5.14. The Balaban J connectivity index is 1.80. The third-order valence-electron chi connectivity index (χ3n) is 3.59. The number of carbonyl (C=O) groups excluding carboxylic acids is 2. The van der Waals surface area contributed by atoms with Crippen molar-refractivity contribution in [3.63, 3.8) is 0 Å². The monoisotopic (exact) mass is 328 g/mol. The first-order valence-corrected chi connectivity index (χ1v) is 7.26. The molecule has 0 aliphatic carbocycles. The maximum absolute atomic E-state index is 12.4. The van der Waals surface area contributed by atoms with E-state index in [9.17, 15) is 9.59 Å². The molecule has 3 aromatic rings. The minimum Gasteiger partial charge on any atom is -0.469 e. The molecule has 124 valence electrons. The van der Waals surface area contributed by atoms with Crippen molar-refractivity contribution in [3.05, 3.63) is 59.2 Å². The Hall–Kier alpha value is -3.06. The van der Waals surface area contributed by atoms with Crippen molar-refractivity contribution in [2.45, 2.75) is 13.5 Å². The fraction of sp³-hybridized carbons (Fsp3) is 0.176. The summed E-state index contributed by atoms with van der Waals surface area (Å²) in [7, 11) is 1.53. The van der Waals surface area contributed by atoms with Crippen LogP contribution in [0.5, 0.6) is 0 Å². The topological polar surface area (TPSA) is 93.7 Å². The van der Waals surface area contributed by atoms with Crippen LogP contribution in [0.25, 0.3) is 11.0 Å². The van der Waals surface area contributed by atoms with Crippen molar-refractivity contribution < 1.29 is 23.2 Å². The molecule has 2 aromatic heterocycles. The molecule has 7 heteroatoms. The highest BCUT2D eigenvalue weighted by Crippen LogP contribution is 2.26. The number of hydrazine groups is 1. The summed E-state index contributed by atoms with van der Waals surface area (Å²) in [5, 5.41) is 0.793. The van der Waals surface area contributed by atoms with Crippen molar-refractivity contribution in [1.82, 2.24) is 10.9 Å². The average Bonchev–Trinajstić information content (AvgIpc) is 3.17. The standard InChI is InChI=1S/C17H16N2O5/c1-10-11(7-8-23-10)16(20)18-19-17(21)15-13(9-22-2)12-5-3-4-6-14(12)24-15/h3-8H,9H2,1-2H3,(H,18,20)(H,19,21). The number of benzene rings is 1. The van der Waals surface area contributed by atoms with Crippen LogP contribution >= 0.6 is 0 Å². The van der Waals surface area contributed by atoms with Gasteiger partial charge in [-0.25, -0.2) is 0 Å². The van der Waals surface area contributed by atoms with Crippen LogP contribution in [-0.2, 0) is 11.3 Å². The predicted molar refractivity (Wildman–Crippen MR) is 85.3 cm³/mol. The van der Waals surface area contributed by atoms with E-state index >= 15 is 0 Å². The van der Waals surface area contributed by atoms with Crippen LogP contribution in [0.3, 0.4) is 0 Å². The summed E-state index contributed by atoms with van der Waals surface area (Å²) >= 11 is 0. The van der Waals surface area contributed by atoms with E-state index in [1.54, 1.807) is 13.0 Å². The first kappa shape index (κ1) is 15.8. The molecular formula is C17H16N2O5. The second kappa shape index (κ2) is 6.59. The van der Waals surface area contributed by atoms with Gasteiger partial charge in [-0.1, -0.05) is 18.2 Å². The molecule has 0 bridgehead atoms. The van der Waals surface area contributed by atoms with E-state index in [1.165, 1.54) is 19.4 Å². The lowest BCUT2D eigenvalue weighted by Gasteiger charge is -2.06. The van der Waals surface area contributed by atoms with Gasteiger partial charge in [0, 0.05) is 18.1 Å². The number of hydrogen-bond acceptors (Lipinski definition) is 5. The Bertz CT molecular complexity index is 893. The summed E-state index contributed by atoms with van der Waals surface area (Å²) in [5.41, 5.74) is 6.23. The molecule has 1 aromatic carbocycles. The molecule has 0 saturated heterocycles. The largest absolute Gasteiger partial charge is 0.469 e. The summed E-state index contributed by atoms with van der Waals surface area (Å²) in [6, 6.07) is 8.79.